The van der Waals surface area contributed by atoms with Crippen LogP contribution in [0.2, 0.25) is 0 Å². The molecule has 4 heteroatoms. The molecule has 3 aromatic rings. The molecule has 29 heavy (non-hydrogen) atoms. The van der Waals surface area contributed by atoms with E-state index < -0.39 is 0 Å². The summed E-state index contributed by atoms with van der Waals surface area (Å²) in [6.45, 7) is 9.19. The average Bonchev–Trinajstić information content (AvgIpc) is 2.67. The van der Waals surface area contributed by atoms with Gasteiger partial charge in [-0.15, -0.1) is 0 Å². The maximum Gasteiger partial charge on any atom is 0.292 e. The van der Waals surface area contributed by atoms with Gasteiger partial charge in [0.05, 0.1) is 4.92 Å². The maximum absolute atomic E-state index is 11.4. The normalized spacial score (nSPS) is 11.3. The third-order valence-corrected chi connectivity index (χ3v) is 5.21. The zero-order valence-corrected chi connectivity index (χ0v) is 17.8. The van der Waals surface area contributed by atoms with E-state index >= 15 is 0 Å². The first-order valence-corrected chi connectivity index (χ1v) is 9.82. The smallest absolute Gasteiger partial charge is 0.292 e. The minimum atomic E-state index is -0.314. The Labute approximate surface area is 173 Å². The molecule has 0 aliphatic carbocycles. The van der Waals surface area contributed by atoms with Crippen molar-refractivity contribution < 1.29 is 4.92 Å². The van der Waals surface area contributed by atoms with Crippen molar-refractivity contribution in [2.45, 2.75) is 39.7 Å². The fourth-order valence-electron chi connectivity index (χ4n) is 3.82. The van der Waals surface area contributed by atoms with Crippen molar-refractivity contribution >= 4 is 11.4 Å². The molecule has 0 aromatic heterocycles. The van der Waals surface area contributed by atoms with Crippen LogP contribution in [0.1, 0.15) is 37.5 Å². The molecule has 4 nitrogen and oxygen atoms in total. The molecular formula is C25H28N2O2. The molecule has 0 spiro atoms. The van der Waals surface area contributed by atoms with Gasteiger partial charge in [0.2, 0.25) is 0 Å². The summed E-state index contributed by atoms with van der Waals surface area (Å²) in [5.41, 5.74) is 6.64. The second-order valence-electron chi connectivity index (χ2n) is 8.55. The summed E-state index contributed by atoms with van der Waals surface area (Å²) in [4.78, 5) is 13.1. The summed E-state index contributed by atoms with van der Waals surface area (Å²) < 4.78 is 0. The van der Waals surface area contributed by atoms with Gasteiger partial charge in [0, 0.05) is 19.7 Å². The Morgan fingerprint density at radius 3 is 2.21 bits per heavy atom. The van der Waals surface area contributed by atoms with E-state index in [1.54, 1.807) is 12.1 Å². The molecule has 0 aliphatic rings. The van der Waals surface area contributed by atoms with Crippen molar-refractivity contribution in [1.82, 2.24) is 0 Å². The zero-order chi connectivity index (χ0) is 21.2. The molecule has 0 N–H and O–H groups in total. The number of rotatable bonds is 5. The minimum Gasteiger partial charge on any atom is -0.365 e. The number of nitro benzene ring substituents is 1. The standard InChI is InChI=1S/C25H28N2O2/c1-18-9-8-12-23(27(28)29)24(18)26(5)17-19-13-15-20(16-14-19)21-10-6-7-11-22(21)25(2,3)4/h6-16H,17H2,1-5H3. The van der Waals surface area contributed by atoms with Gasteiger partial charge in [-0.1, -0.05) is 81.4 Å². The maximum atomic E-state index is 11.4. The van der Waals surface area contributed by atoms with Crippen molar-refractivity contribution in [1.29, 1.82) is 0 Å². The van der Waals surface area contributed by atoms with Crippen molar-refractivity contribution in [2.24, 2.45) is 0 Å². The zero-order valence-electron chi connectivity index (χ0n) is 17.8. The topological polar surface area (TPSA) is 46.4 Å². The van der Waals surface area contributed by atoms with Gasteiger partial charge in [-0.2, -0.15) is 0 Å². The number of anilines is 1. The molecule has 0 amide bonds. The van der Waals surface area contributed by atoms with Crippen LogP contribution in [-0.4, -0.2) is 12.0 Å². The molecule has 0 heterocycles. The van der Waals surface area contributed by atoms with Crippen LogP contribution in [0, 0.1) is 17.0 Å². The monoisotopic (exact) mass is 388 g/mol. The summed E-state index contributed by atoms with van der Waals surface area (Å²) in [6.07, 6.45) is 0. The quantitative estimate of drug-likeness (QED) is 0.370. The fraction of sp³-hybridized carbons (Fsp3) is 0.280. The van der Waals surface area contributed by atoms with E-state index in [0.717, 1.165) is 11.1 Å². The van der Waals surface area contributed by atoms with Crippen molar-refractivity contribution in [2.75, 3.05) is 11.9 Å². The number of benzene rings is 3. The molecule has 0 saturated carbocycles. The number of aryl methyl sites for hydroxylation is 1. The molecule has 0 aliphatic heterocycles. The molecule has 0 fully saturated rings. The molecule has 3 rings (SSSR count). The fourth-order valence-corrected chi connectivity index (χ4v) is 3.82. The van der Waals surface area contributed by atoms with Gasteiger partial charge in [0.15, 0.2) is 0 Å². The molecule has 0 saturated heterocycles. The molecule has 0 unspecified atom stereocenters. The summed E-state index contributed by atoms with van der Waals surface area (Å²) in [5.74, 6) is 0. The van der Waals surface area contributed by atoms with Crippen LogP contribution in [0.5, 0.6) is 0 Å². The largest absolute Gasteiger partial charge is 0.365 e. The van der Waals surface area contributed by atoms with Crippen LogP contribution in [0.3, 0.4) is 0 Å². The molecule has 150 valence electrons. The Morgan fingerprint density at radius 2 is 1.59 bits per heavy atom. The van der Waals surface area contributed by atoms with E-state index in [-0.39, 0.29) is 16.0 Å². The Hall–Kier alpha value is -3.14. The van der Waals surface area contributed by atoms with Crippen molar-refractivity contribution in [3.8, 4) is 11.1 Å². The summed E-state index contributed by atoms with van der Waals surface area (Å²) in [6, 6.07) is 22.2. The van der Waals surface area contributed by atoms with Crippen LogP contribution in [-0.2, 0) is 12.0 Å². The molecular weight excluding hydrogens is 360 g/mol. The first-order chi connectivity index (χ1) is 13.7. The highest BCUT2D eigenvalue weighted by Gasteiger charge is 2.20. The summed E-state index contributed by atoms with van der Waals surface area (Å²) in [7, 11) is 1.90. The Bertz CT molecular complexity index is 1020. The third kappa shape index (κ3) is 4.48. The third-order valence-electron chi connectivity index (χ3n) is 5.21. The average molecular weight is 389 g/mol. The number of hydrogen-bond acceptors (Lipinski definition) is 3. The molecule has 0 bridgehead atoms. The van der Waals surface area contributed by atoms with Gasteiger partial charge < -0.3 is 4.90 Å². The van der Waals surface area contributed by atoms with E-state index in [1.165, 1.54) is 16.7 Å². The predicted octanol–water partition coefficient (Wildman–Crippen LogP) is 6.50. The lowest BCUT2D eigenvalue weighted by Gasteiger charge is -2.23. The Kier molecular flexibility index (Phi) is 5.73. The Balaban J connectivity index is 1.87. The van der Waals surface area contributed by atoms with Gasteiger partial charge in [-0.25, -0.2) is 0 Å². The summed E-state index contributed by atoms with van der Waals surface area (Å²) in [5, 5.41) is 11.4. The number of para-hydroxylation sites is 1. The van der Waals surface area contributed by atoms with Gasteiger partial charge in [-0.05, 0) is 40.2 Å². The highest BCUT2D eigenvalue weighted by atomic mass is 16.6. The van der Waals surface area contributed by atoms with Crippen LogP contribution in [0.15, 0.2) is 66.7 Å². The van der Waals surface area contributed by atoms with Crippen molar-refractivity contribution in [3.63, 3.8) is 0 Å². The highest BCUT2D eigenvalue weighted by molar-refractivity contribution is 5.70. The number of hydrogen-bond donors (Lipinski definition) is 0. The predicted molar refractivity (Wildman–Crippen MR) is 121 cm³/mol. The van der Waals surface area contributed by atoms with E-state index in [9.17, 15) is 10.1 Å². The Morgan fingerprint density at radius 1 is 0.931 bits per heavy atom. The number of nitro groups is 1. The molecule has 0 radical (unpaired) electrons. The lowest BCUT2D eigenvalue weighted by atomic mass is 9.82. The van der Waals surface area contributed by atoms with Crippen LogP contribution in [0.25, 0.3) is 11.1 Å². The lowest BCUT2D eigenvalue weighted by molar-refractivity contribution is -0.384. The van der Waals surface area contributed by atoms with Gasteiger partial charge in [0.25, 0.3) is 5.69 Å². The van der Waals surface area contributed by atoms with Crippen LogP contribution >= 0.6 is 0 Å². The van der Waals surface area contributed by atoms with Crippen molar-refractivity contribution in [3.05, 3.63) is 93.5 Å². The van der Waals surface area contributed by atoms with E-state index in [2.05, 4.69) is 69.3 Å². The van der Waals surface area contributed by atoms with E-state index in [1.807, 2.05) is 24.9 Å². The minimum absolute atomic E-state index is 0.0687. The highest BCUT2D eigenvalue weighted by Crippen LogP contribution is 2.34. The van der Waals surface area contributed by atoms with Crippen LogP contribution < -0.4 is 4.90 Å². The summed E-state index contributed by atoms with van der Waals surface area (Å²) >= 11 is 0. The van der Waals surface area contributed by atoms with E-state index in [0.29, 0.717) is 12.2 Å². The number of nitrogens with zero attached hydrogens (tertiary/aromatic N) is 2. The second-order valence-corrected chi connectivity index (χ2v) is 8.55. The van der Waals surface area contributed by atoms with Gasteiger partial charge >= 0.3 is 0 Å². The molecule has 3 aromatic carbocycles. The van der Waals surface area contributed by atoms with E-state index in [4.69, 9.17) is 0 Å². The second kappa shape index (κ2) is 8.08. The SMILES string of the molecule is Cc1cccc([N+](=O)[O-])c1N(C)Cc1ccc(-c2ccccc2C(C)(C)C)cc1. The van der Waals surface area contributed by atoms with Crippen LogP contribution in [0.4, 0.5) is 11.4 Å². The van der Waals surface area contributed by atoms with Gasteiger partial charge in [-0.3, -0.25) is 10.1 Å². The first-order valence-electron chi connectivity index (χ1n) is 9.82. The molecule has 0 atom stereocenters. The lowest BCUT2D eigenvalue weighted by Crippen LogP contribution is -2.18. The first kappa shape index (κ1) is 20.6. The van der Waals surface area contributed by atoms with Gasteiger partial charge in [0.1, 0.15) is 5.69 Å².